The van der Waals surface area contributed by atoms with Gasteiger partial charge in [0.05, 0.1) is 11.5 Å². The molecule has 0 atom stereocenters. The maximum Gasteiger partial charge on any atom is 0.0847 e. The largest absolute Gasteiger partial charge is 0.317 e. The van der Waals surface area contributed by atoms with Crippen LogP contribution in [0.3, 0.4) is 0 Å². The number of aromatic nitrogens is 1. The van der Waals surface area contributed by atoms with E-state index in [4.69, 9.17) is 0 Å². The highest BCUT2D eigenvalue weighted by Crippen LogP contribution is 2.31. The van der Waals surface area contributed by atoms with Crippen molar-refractivity contribution in [1.29, 1.82) is 5.26 Å². The van der Waals surface area contributed by atoms with Crippen LogP contribution in [0.2, 0.25) is 0 Å². The van der Waals surface area contributed by atoms with Crippen molar-refractivity contribution in [2.45, 2.75) is 18.3 Å². The maximum atomic E-state index is 9.30. The highest BCUT2D eigenvalue weighted by molar-refractivity contribution is 5.31. The monoisotopic (exact) mass is 187 g/mol. The first-order chi connectivity index (χ1) is 6.87. The van der Waals surface area contributed by atoms with Gasteiger partial charge in [-0.05, 0) is 43.6 Å². The zero-order chi connectivity index (χ0) is 9.86. The Labute approximate surface area is 83.8 Å². The highest BCUT2D eigenvalue weighted by Gasteiger charge is 2.33. The summed E-state index contributed by atoms with van der Waals surface area (Å²) in [6, 6.07) is 6.37. The van der Waals surface area contributed by atoms with Gasteiger partial charge in [-0.3, -0.25) is 4.98 Å². The van der Waals surface area contributed by atoms with Crippen LogP contribution >= 0.6 is 0 Å². The third-order valence-electron chi connectivity index (χ3n) is 2.90. The van der Waals surface area contributed by atoms with Crippen molar-refractivity contribution >= 4 is 0 Å². The molecule has 72 valence electrons. The van der Waals surface area contributed by atoms with Crippen molar-refractivity contribution in [3.63, 3.8) is 0 Å². The Bertz CT molecular complexity index is 333. The van der Waals surface area contributed by atoms with E-state index in [-0.39, 0.29) is 5.41 Å². The van der Waals surface area contributed by atoms with Gasteiger partial charge in [0.2, 0.25) is 0 Å². The minimum absolute atomic E-state index is 0.284. The van der Waals surface area contributed by atoms with Gasteiger partial charge < -0.3 is 5.32 Å². The van der Waals surface area contributed by atoms with Gasteiger partial charge in [-0.15, -0.1) is 0 Å². The van der Waals surface area contributed by atoms with Gasteiger partial charge in [-0.2, -0.15) is 5.26 Å². The maximum absolute atomic E-state index is 9.30. The van der Waals surface area contributed by atoms with Crippen molar-refractivity contribution in [1.82, 2.24) is 10.3 Å². The molecular weight excluding hydrogens is 174 g/mol. The van der Waals surface area contributed by atoms with Crippen molar-refractivity contribution in [2.24, 2.45) is 0 Å². The summed E-state index contributed by atoms with van der Waals surface area (Å²) in [5, 5.41) is 12.6. The molecule has 0 unspecified atom stereocenters. The van der Waals surface area contributed by atoms with Crippen molar-refractivity contribution in [3.8, 4) is 6.07 Å². The lowest BCUT2D eigenvalue weighted by molar-refractivity contribution is 0.382. The molecule has 1 N–H and O–H groups in total. The predicted octanol–water partition coefficient (Wildman–Crippen LogP) is 1.23. The lowest BCUT2D eigenvalue weighted by atomic mass is 9.75. The second-order valence-corrected chi connectivity index (χ2v) is 3.68. The summed E-state index contributed by atoms with van der Waals surface area (Å²) < 4.78 is 0. The first-order valence-electron chi connectivity index (χ1n) is 4.90. The van der Waals surface area contributed by atoms with E-state index in [2.05, 4.69) is 16.4 Å². The summed E-state index contributed by atoms with van der Waals surface area (Å²) in [5.41, 5.74) is 0.824. The molecule has 0 bridgehead atoms. The van der Waals surface area contributed by atoms with Gasteiger partial charge in [-0.1, -0.05) is 0 Å². The molecule has 0 radical (unpaired) electrons. The number of nitrogens with zero attached hydrogens (tertiary/aromatic N) is 2. The molecule has 1 aliphatic heterocycles. The molecule has 1 fully saturated rings. The molecule has 3 nitrogen and oxygen atoms in total. The van der Waals surface area contributed by atoms with Crippen LogP contribution in [0.4, 0.5) is 0 Å². The summed E-state index contributed by atoms with van der Waals surface area (Å²) in [4.78, 5) is 3.98. The van der Waals surface area contributed by atoms with Gasteiger partial charge >= 0.3 is 0 Å². The van der Waals surface area contributed by atoms with Gasteiger partial charge in [0.15, 0.2) is 0 Å². The quantitative estimate of drug-likeness (QED) is 0.719. The Morgan fingerprint density at radius 2 is 1.93 bits per heavy atom. The standard InChI is InChI=1S/C11H13N3/c12-9-11(3-7-14-8-4-11)10-1-5-13-6-2-10/h1-2,5-6,14H,3-4,7-8H2. The van der Waals surface area contributed by atoms with E-state index in [0.29, 0.717) is 0 Å². The number of hydrogen-bond donors (Lipinski definition) is 1. The second kappa shape index (κ2) is 3.77. The number of nitrogens with one attached hydrogen (secondary N) is 1. The predicted molar refractivity (Wildman–Crippen MR) is 53.6 cm³/mol. The van der Waals surface area contributed by atoms with Crippen molar-refractivity contribution in [3.05, 3.63) is 30.1 Å². The van der Waals surface area contributed by atoms with E-state index in [1.54, 1.807) is 12.4 Å². The molecule has 0 amide bonds. The van der Waals surface area contributed by atoms with Gasteiger partial charge in [0, 0.05) is 12.4 Å². The summed E-state index contributed by atoms with van der Waals surface area (Å²) in [6.45, 7) is 1.85. The minimum Gasteiger partial charge on any atom is -0.317 e. The fourth-order valence-corrected chi connectivity index (χ4v) is 1.99. The molecule has 1 saturated heterocycles. The Morgan fingerprint density at radius 1 is 1.29 bits per heavy atom. The third kappa shape index (κ3) is 1.49. The van der Waals surface area contributed by atoms with Crippen LogP contribution in [0, 0.1) is 11.3 Å². The Morgan fingerprint density at radius 3 is 2.50 bits per heavy atom. The fraction of sp³-hybridized carbons (Fsp3) is 0.455. The molecule has 2 heterocycles. The fourth-order valence-electron chi connectivity index (χ4n) is 1.99. The summed E-state index contributed by atoms with van der Waals surface area (Å²) >= 11 is 0. The average molecular weight is 187 g/mol. The summed E-state index contributed by atoms with van der Waals surface area (Å²) in [5.74, 6) is 0. The van der Waals surface area contributed by atoms with Gasteiger partial charge in [0.25, 0.3) is 0 Å². The van der Waals surface area contributed by atoms with Crippen LogP contribution in [0.15, 0.2) is 24.5 Å². The lowest BCUT2D eigenvalue weighted by Crippen LogP contribution is -2.38. The van der Waals surface area contributed by atoms with E-state index >= 15 is 0 Å². The van der Waals surface area contributed by atoms with E-state index in [9.17, 15) is 5.26 Å². The Hall–Kier alpha value is -1.40. The molecule has 1 aromatic heterocycles. The average Bonchev–Trinajstić information content (AvgIpc) is 2.31. The number of rotatable bonds is 1. The molecule has 1 aromatic rings. The van der Waals surface area contributed by atoms with Gasteiger partial charge in [0.1, 0.15) is 0 Å². The normalized spacial score (nSPS) is 19.9. The summed E-state index contributed by atoms with van der Waals surface area (Å²) in [7, 11) is 0. The number of nitriles is 1. The SMILES string of the molecule is N#CC1(c2ccncc2)CCNCC1. The molecular formula is C11H13N3. The lowest BCUT2D eigenvalue weighted by Gasteiger charge is -2.31. The zero-order valence-electron chi connectivity index (χ0n) is 8.03. The van der Waals surface area contributed by atoms with E-state index in [1.807, 2.05) is 12.1 Å². The smallest absolute Gasteiger partial charge is 0.0847 e. The van der Waals surface area contributed by atoms with Crippen molar-refractivity contribution in [2.75, 3.05) is 13.1 Å². The first-order valence-corrected chi connectivity index (χ1v) is 4.90. The van der Waals surface area contributed by atoms with Crippen LogP contribution in [-0.4, -0.2) is 18.1 Å². The third-order valence-corrected chi connectivity index (χ3v) is 2.90. The second-order valence-electron chi connectivity index (χ2n) is 3.68. The summed E-state index contributed by atoms with van der Waals surface area (Å²) in [6.07, 6.45) is 5.31. The molecule has 3 heteroatoms. The van der Waals surface area contributed by atoms with Gasteiger partial charge in [-0.25, -0.2) is 0 Å². The molecule has 0 aliphatic carbocycles. The highest BCUT2D eigenvalue weighted by atomic mass is 14.9. The van der Waals surface area contributed by atoms with E-state index in [0.717, 1.165) is 31.5 Å². The molecule has 2 rings (SSSR count). The molecule has 14 heavy (non-hydrogen) atoms. The zero-order valence-corrected chi connectivity index (χ0v) is 8.03. The van der Waals surface area contributed by atoms with Crippen molar-refractivity contribution < 1.29 is 0 Å². The Balaban J connectivity index is 2.33. The van der Waals surface area contributed by atoms with Crippen LogP contribution < -0.4 is 5.32 Å². The first kappa shape index (κ1) is 9.17. The van der Waals surface area contributed by atoms with Crippen LogP contribution in [0.5, 0.6) is 0 Å². The topological polar surface area (TPSA) is 48.7 Å². The number of piperidine rings is 1. The minimum atomic E-state index is -0.284. The van der Waals surface area contributed by atoms with Crippen LogP contribution in [0.25, 0.3) is 0 Å². The molecule has 0 aromatic carbocycles. The Kier molecular flexibility index (Phi) is 2.47. The molecule has 0 spiro atoms. The molecule has 1 aliphatic rings. The number of hydrogen-bond acceptors (Lipinski definition) is 3. The molecule has 0 saturated carbocycles. The van der Waals surface area contributed by atoms with Crippen LogP contribution in [-0.2, 0) is 5.41 Å². The van der Waals surface area contributed by atoms with E-state index in [1.165, 1.54) is 0 Å². The van der Waals surface area contributed by atoms with E-state index < -0.39 is 0 Å². The number of pyridine rings is 1. The van der Waals surface area contributed by atoms with Crippen LogP contribution in [0.1, 0.15) is 18.4 Å².